The molecule has 2 aromatic rings. The van der Waals surface area contributed by atoms with Crippen molar-refractivity contribution in [3.8, 4) is 0 Å². The number of aromatic nitrogens is 1. The number of nitrogens with two attached hydrogens (primary N) is 1. The van der Waals surface area contributed by atoms with Crippen molar-refractivity contribution < 1.29 is 13.9 Å². The minimum absolute atomic E-state index is 0.403. The van der Waals surface area contributed by atoms with Gasteiger partial charge in [-0.3, -0.25) is 4.79 Å². The number of methoxy groups -OCH3 is 1. The van der Waals surface area contributed by atoms with E-state index in [2.05, 4.69) is 9.72 Å². The number of fused-ring (bicyclic) bond motifs is 1. The molecule has 0 fully saturated rings. The van der Waals surface area contributed by atoms with Gasteiger partial charge in [-0.1, -0.05) is 12.1 Å². The Kier molecular flexibility index (Phi) is 4.22. The van der Waals surface area contributed by atoms with Gasteiger partial charge in [-0.25, -0.2) is 4.98 Å². The van der Waals surface area contributed by atoms with Gasteiger partial charge in [0.15, 0.2) is 5.58 Å². The van der Waals surface area contributed by atoms with E-state index in [0.717, 1.165) is 11.1 Å². The highest BCUT2D eigenvalue weighted by Crippen LogP contribution is 2.18. The molecule has 0 bridgehead atoms. The number of hydrogen-bond acceptors (Lipinski definition) is 6. The van der Waals surface area contributed by atoms with Crippen LogP contribution in [0.5, 0.6) is 0 Å². The summed E-state index contributed by atoms with van der Waals surface area (Å²) in [5.74, 6) is 1.29. The Bertz CT molecular complexity index is 508. The molecule has 5 nitrogen and oxygen atoms in total. The van der Waals surface area contributed by atoms with Gasteiger partial charge in [-0.15, -0.1) is 11.8 Å². The van der Waals surface area contributed by atoms with Gasteiger partial charge in [-0.05, 0) is 12.1 Å². The molecule has 0 saturated carbocycles. The predicted molar refractivity (Wildman–Crippen MR) is 70.2 cm³/mol. The van der Waals surface area contributed by atoms with Gasteiger partial charge in [0, 0.05) is 5.75 Å². The fourth-order valence-corrected chi connectivity index (χ4v) is 2.28. The van der Waals surface area contributed by atoms with E-state index in [9.17, 15) is 4.79 Å². The summed E-state index contributed by atoms with van der Waals surface area (Å²) in [5.41, 5.74) is 7.23. The molecule has 2 N–H and O–H groups in total. The molecule has 0 saturated heterocycles. The minimum atomic E-state index is -0.607. The van der Waals surface area contributed by atoms with Crippen molar-refractivity contribution in [2.45, 2.75) is 11.8 Å². The summed E-state index contributed by atoms with van der Waals surface area (Å²) in [5, 5.41) is 0. The molecule has 6 heteroatoms. The molecule has 0 aliphatic carbocycles. The van der Waals surface area contributed by atoms with Gasteiger partial charge in [-0.2, -0.15) is 0 Å². The molecule has 0 radical (unpaired) electrons. The zero-order valence-electron chi connectivity index (χ0n) is 9.96. The molecule has 0 aliphatic heterocycles. The van der Waals surface area contributed by atoms with Crippen molar-refractivity contribution in [1.82, 2.24) is 4.98 Å². The number of esters is 1. The van der Waals surface area contributed by atoms with Gasteiger partial charge in [0.1, 0.15) is 11.6 Å². The Hall–Kier alpha value is -1.53. The standard InChI is InChI=1S/C12H14N2O3S/c1-16-12(15)8(13)6-18-7-11-14-9-4-2-3-5-10(9)17-11/h2-5,8H,6-7,13H2,1H3. The van der Waals surface area contributed by atoms with Crippen molar-refractivity contribution in [2.75, 3.05) is 12.9 Å². The summed E-state index contributed by atoms with van der Waals surface area (Å²) < 4.78 is 10.1. The lowest BCUT2D eigenvalue weighted by Crippen LogP contribution is -2.33. The van der Waals surface area contributed by atoms with E-state index in [1.807, 2.05) is 24.3 Å². The van der Waals surface area contributed by atoms with Gasteiger partial charge in [0.05, 0.1) is 12.9 Å². The van der Waals surface area contributed by atoms with Gasteiger partial charge in [0.25, 0.3) is 0 Å². The lowest BCUT2D eigenvalue weighted by atomic mass is 10.3. The molecular weight excluding hydrogens is 252 g/mol. The lowest BCUT2D eigenvalue weighted by Gasteiger charge is -2.07. The highest BCUT2D eigenvalue weighted by molar-refractivity contribution is 7.98. The molecule has 2 rings (SSSR count). The molecule has 0 aliphatic rings. The Labute approximate surface area is 109 Å². The maximum absolute atomic E-state index is 11.1. The summed E-state index contributed by atoms with van der Waals surface area (Å²) in [7, 11) is 1.33. The Morgan fingerprint density at radius 2 is 2.33 bits per heavy atom. The summed E-state index contributed by atoms with van der Waals surface area (Å²) >= 11 is 1.49. The number of nitrogens with zero attached hydrogens (tertiary/aromatic N) is 1. The van der Waals surface area contributed by atoms with E-state index in [-0.39, 0.29) is 0 Å². The normalized spacial score (nSPS) is 12.6. The number of rotatable bonds is 5. The molecule has 1 unspecified atom stereocenters. The quantitative estimate of drug-likeness (QED) is 0.827. The number of thioether (sulfide) groups is 1. The second kappa shape index (κ2) is 5.88. The second-order valence-corrected chi connectivity index (χ2v) is 4.75. The summed E-state index contributed by atoms with van der Waals surface area (Å²) in [6.45, 7) is 0. The molecule has 18 heavy (non-hydrogen) atoms. The van der Waals surface area contributed by atoms with Crippen LogP contribution in [-0.4, -0.2) is 29.9 Å². The van der Waals surface area contributed by atoms with Crippen molar-refractivity contribution >= 4 is 28.8 Å². The van der Waals surface area contributed by atoms with Crippen LogP contribution in [0.1, 0.15) is 5.89 Å². The van der Waals surface area contributed by atoms with E-state index in [1.165, 1.54) is 18.9 Å². The molecular formula is C12H14N2O3S. The first kappa shape index (κ1) is 12.9. The first-order valence-corrected chi connectivity index (χ1v) is 6.62. The number of benzene rings is 1. The highest BCUT2D eigenvalue weighted by atomic mass is 32.2. The molecule has 1 aromatic heterocycles. The van der Waals surface area contributed by atoms with Crippen LogP contribution in [0.4, 0.5) is 0 Å². The fraction of sp³-hybridized carbons (Fsp3) is 0.333. The third kappa shape index (κ3) is 3.02. The number of hydrogen-bond donors (Lipinski definition) is 1. The average molecular weight is 266 g/mol. The van der Waals surface area contributed by atoms with Crippen LogP contribution in [0.15, 0.2) is 28.7 Å². The van der Waals surface area contributed by atoms with Gasteiger partial charge >= 0.3 is 5.97 Å². The highest BCUT2D eigenvalue weighted by Gasteiger charge is 2.14. The lowest BCUT2D eigenvalue weighted by molar-refractivity contribution is -0.141. The summed E-state index contributed by atoms with van der Waals surface area (Å²) in [6, 6.07) is 6.97. The molecule has 96 valence electrons. The molecule has 0 spiro atoms. The Morgan fingerprint density at radius 1 is 1.56 bits per heavy atom. The SMILES string of the molecule is COC(=O)C(N)CSCc1nc2ccccc2o1. The first-order valence-electron chi connectivity index (χ1n) is 5.46. The molecule has 1 atom stereocenters. The van der Waals surface area contributed by atoms with E-state index < -0.39 is 12.0 Å². The minimum Gasteiger partial charge on any atom is -0.468 e. The van der Waals surface area contributed by atoms with Crippen LogP contribution in [0, 0.1) is 0 Å². The van der Waals surface area contributed by atoms with Crippen LogP contribution in [0.25, 0.3) is 11.1 Å². The van der Waals surface area contributed by atoms with Crippen LogP contribution < -0.4 is 5.73 Å². The zero-order chi connectivity index (χ0) is 13.0. The number of carbonyl (C=O) groups excluding carboxylic acids is 1. The van der Waals surface area contributed by atoms with E-state index in [0.29, 0.717) is 17.4 Å². The molecule has 0 amide bonds. The third-order valence-electron chi connectivity index (χ3n) is 2.37. The fourth-order valence-electron chi connectivity index (χ4n) is 1.47. The smallest absolute Gasteiger partial charge is 0.323 e. The van der Waals surface area contributed by atoms with E-state index in [1.54, 1.807) is 0 Å². The monoisotopic (exact) mass is 266 g/mol. The Morgan fingerprint density at radius 3 is 3.06 bits per heavy atom. The van der Waals surface area contributed by atoms with Crippen LogP contribution >= 0.6 is 11.8 Å². The maximum Gasteiger partial charge on any atom is 0.323 e. The van der Waals surface area contributed by atoms with Crippen LogP contribution in [0.3, 0.4) is 0 Å². The van der Waals surface area contributed by atoms with Crippen molar-refractivity contribution in [3.05, 3.63) is 30.2 Å². The first-order chi connectivity index (χ1) is 8.70. The number of carbonyl (C=O) groups is 1. The largest absolute Gasteiger partial charge is 0.468 e. The summed E-state index contributed by atoms with van der Waals surface area (Å²) in [6.07, 6.45) is 0. The third-order valence-corrected chi connectivity index (χ3v) is 3.41. The second-order valence-electron chi connectivity index (χ2n) is 3.72. The number of para-hydroxylation sites is 2. The van der Waals surface area contributed by atoms with Crippen molar-refractivity contribution in [2.24, 2.45) is 5.73 Å². The zero-order valence-corrected chi connectivity index (χ0v) is 10.8. The molecule has 1 aromatic carbocycles. The van der Waals surface area contributed by atoms with Crippen molar-refractivity contribution in [3.63, 3.8) is 0 Å². The topological polar surface area (TPSA) is 78.4 Å². The van der Waals surface area contributed by atoms with E-state index in [4.69, 9.17) is 10.2 Å². The number of oxazole rings is 1. The average Bonchev–Trinajstić information content (AvgIpc) is 2.80. The maximum atomic E-state index is 11.1. The summed E-state index contributed by atoms with van der Waals surface area (Å²) in [4.78, 5) is 15.4. The van der Waals surface area contributed by atoms with Gasteiger partial charge in [0.2, 0.25) is 5.89 Å². The van der Waals surface area contributed by atoms with Crippen LogP contribution in [0.2, 0.25) is 0 Å². The Balaban J connectivity index is 1.88. The predicted octanol–water partition coefficient (Wildman–Crippen LogP) is 1.56. The number of ether oxygens (including phenoxy) is 1. The van der Waals surface area contributed by atoms with Crippen molar-refractivity contribution in [1.29, 1.82) is 0 Å². The van der Waals surface area contributed by atoms with Crippen LogP contribution in [-0.2, 0) is 15.3 Å². The molecule has 1 heterocycles. The van der Waals surface area contributed by atoms with E-state index >= 15 is 0 Å². The van der Waals surface area contributed by atoms with Gasteiger partial charge < -0.3 is 14.9 Å².